The molecule has 0 bridgehead atoms. The Bertz CT molecular complexity index is 1140. The summed E-state index contributed by atoms with van der Waals surface area (Å²) in [5, 5.41) is 9.31. The zero-order chi connectivity index (χ0) is 20.9. The van der Waals surface area contributed by atoms with Crippen molar-refractivity contribution in [1.82, 2.24) is 9.97 Å². The minimum Gasteiger partial charge on any atom is -0.472 e. The van der Waals surface area contributed by atoms with Crippen molar-refractivity contribution in [3.8, 4) is 0 Å². The second-order valence-corrected chi connectivity index (χ2v) is 6.88. The van der Waals surface area contributed by atoms with Gasteiger partial charge in [0.2, 0.25) is 5.95 Å². The summed E-state index contributed by atoms with van der Waals surface area (Å²) in [5.41, 5.74) is 4.96. The van der Waals surface area contributed by atoms with E-state index in [0.717, 1.165) is 17.1 Å². The van der Waals surface area contributed by atoms with E-state index >= 15 is 0 Å². The smallest absolute Gasteiger partial charge is 0.258 e. The number of aryl methyl sites for hydroxylation is 2. The van der Waals surface area contributed by atoms with Crippen LogP contribution in [-0.2, 0) is 0 Å². The minimum atomic E-state index is -0.224. The molecule has 2 aromatic carbocycles. The van der Waals surface area contributed by atoms with Gasteiger partial charge in [0, 0.05) is 28.8 Å². The Hall–Kier alpha value is -4.13. The van der Waals surface area contributed by atoms with E-state index in [2.05, 4.69) is 32.8 Å². The average Bonchev–Trinajstić information content (AvgIpc) is 3.26. The summed E-state index contributed by atoms with van der Waals surface area (Å²) in [5.74, 6) is 0.968. The van der Waals surface area contributed by atoms with Crippen molar-refractivity contribution < 1.29 is 9.21 Å². The van der Waals surface area contributed by atoms with Crippen LogP contribution in [0, 0.1) is 13.8 Å². The molecule has 150 valence electrons. The molecule has 0 atom stereocenters. The molecule has 0 fully saturated rings. The number of carbonyl (C=O) groups excluding carboxylic acids is 1. The van der Waals surface area contributed by atoms with E-state index in [0.29, 0.717) is 23.0 Å². The number of furan rings is 1. The predicted molar refractivity (Wildman–Crippen MR) is 118 cm³/mol. The molecule has 0 aliphatic rings. The fraction of sp³-hybridized carbons (Fsp3) is 0.0870. The molecule has 0 unspecified atom stereocenters. The van der Waals surface area contributed by atoms with Crippen molar-refractivity contribution in [2.75, 3.05) is 16.0 Å². The highest BCUT2D eigenvalue weighted by Crippen LogP contribution is 2.21. The average molecular weight is 399 g/mol. The van der Waals surface area contributed by atoms with Crippen LogP contribution in [0.15, 0.2) is 77.6 Å². The maximum absolute atomic E-state index is 12.1. The lowest BCUT2D eigenvalue weighted by Gasteiger charge is -2.11. The summed E-state index contributed by atoms with van der Waals surface area (Å²) in [7, 11) is 0. The van der Waals surface area contributed by atoms with Gasteiger partial charge in [-0.15, -0.1) is 0 Å². The normalized spacial score (nSPS) is 10.5. The molecule has 0 spiro atoms. The van der Waals surface area contributed by atoms with Crippen molar-refractivity contribution >= 4 is 34.7 Å². The number of anilines is 5. The van der Waals surface area contributed by atoms with Crippen molar-refractivity contribution in [2.24, 2.45) is 0 Å². The van der Waals surface area contributed by atoms with Gasteiger partial charge < -0.3 is 20.4 Å². The Labute approximate surface area is 174 Å². The number of carbonyl (C=O) groups is 1. The number of nitrogens with zero attached hydrogens (tertiary/aromatic N) is 2. The lowest BCUT2D eigenvalue weighted by Crippen LogP contribution is -2.10. The Kier molecular flexibility index (Phi) is 5.43. The van der Waals surface area contributed by atoms with Gasteiger partial charge in [0.15, 0.2) is 0 Å². The molecular weight excluding hydrogens is 378 g/mol. The van der Waals surface area contributed by atoms with E-state index in [4.69, 9.17) is 4.42 Å². The molecule has 0 saturated carbocycles. The second kappa shape index (κ2) is 8.48. The molecule has 2 heterocycles. The molecule has 0 aliphatic heterocycles. The first-order valence-electron chi connectivity index (χ1n) is 9.45. The van der Waals surface area contributed by atoms with Crippen molar-refractivity contribution in [3.05, 3.63) is 90.0 Å². The lowest BCUT2D eigenvalue weighted by molar-refractivity contribution is 0.102. The molecule has 0 saturated heterocycles. The monoisotopic (exact) mass is 399 g/mol. The summed E-state index contributed by atoms with van der Waals surface area (Å²) in [6.07, 6.45) is 2.87. The summed E-state index contributed by atoms with van der Waals surface area (Å²) in [4.78, 5) is 21.1. The standard InChI is InChI=1S/C23H21N5O2/c1-15-3-5-18(6-4-15)25-21-13-16(2)24-23(28-21)27-20-9-7-19(8-10-20)26-22(29)17-11-12-30-14-17/h3-14H,1-2H3,(H,26,29)(H2,24,25,27,28). The van der Waals surface area contributed by atoms with Gasteiger partial charge in [-0.05, 0) is 56.3 Å². The van der Waals surface area contributed by atoms with Crippen molar-refractivity contribution in [1.29, 1.82) is 0 Å². The predicted octanol–water partition coefficient (Wildman–Crippen LogP) is 5.43. The summed E-state index contributed by atoms with van der Waals surface area (Å²) < 4.78 is 4.93. The summed E-state index contributed by atoms with van der Waals surface area (Å²) >= 11 is 0. The molecule has 7 heteroatoms. The molecule has 2 aromatic heterocycles. The van der Waals surface area contributed by atoms with Crippen molar-refractivity contribution in [2.45, 2.75) is 13.8 Å². The first-order valence-corrected chi connectivity index (χ1v) is 9.45. The zero-order valence-corrected chi connectivity index (χ0v) is 16.6. The summed E-state index contributed by atoms with van der Waals surface area (Å²) in [6.45, 7) is 3.97. The Balaban J connectivity index is 1.44. The molecule has 3 N–H and O–H groups in total. The maximum Gasteiger partial charge on any atom is 0.258 e. The molecule has 4 aromatic rings. The number of rotatable bonds is 6. The highest BCUT2D eigenvalue weighted by molar-refractivity contribution is 6.04. The van der Waals surface area contributed by atoms with Gasteiger partial charge in [0.1, 0.15) is 12.1 Å². The molecule has 4 rings (SSSR count). The number of hydrogen-bond acceptors (Lipinski definition) is 6. The molecule has 1 amide bonds. The van der Waals surface area contributed by atoms with Gasteiger partial charge in [0.25, 0.3) is 5.91 Å². The van der Waals surface area contributed by atoms with Crippen LogP contribution < -0.4 is 16.0 Å². The third kappa shape index (κ3) is 4.82. The van der Waals surface area contributed by atoms with Crippen LogP contribution in [-0.4, -0.2) is 15.9 Å². The zero-order valence-electron chi connectivity index (χ0n) is 16.6. The lowest BCUT2D eigenvalue weighted by atomic mass is 10.2. The van der Waals surface area contributed by atoms with Gasteiger partial charge in [-0.25, -0.2) is 4.98 Å². The first-order chi connectivity index (χ1) is 14.5. The third-order valence-electron chi connectivity index (χ3n) is 4.36. The molecule has 7 nitrogen and oxygen atoms in total. The van der Waals surface area contributed by atoms with E-state index in [9.17, 15) is 4.79 Å². The first kappa shape index (κ1) is 19.2. The third-order valence-corrected chi connectivity index (χ3v) is 4.36. The fourth-order valence-corrected chi connectivity index (χ4v) is 2.84. The molecule has 30 heavy (non-hydrogen) atoms. The number of hydrogen-bond donors (Lipinski definition) is 3. The van der Waals surface area contributed by atoms with Crippen LogP contribution in [0.2, 0.25) is 0 Å². The summed E-state index contributed by atoms with van der Waals surface area (Å²) in [6, 6.07) is 18.9. The molecule has 0 radical (unpaired) electrons. The van der Waals surface area contributed by atoms with Crippen LogP contribution in [0.3, 0.4) is 0 Å². The van der Waals surface area contributed by atoms with E-state index in [1.807, 2.05) is 61.5 Å². The van der Waals surface area contributed by atoms with E-state index in [-0.39, 0.29) is 5.91 Å². The van der Waals surface area contributed by atoms with Crippen LogP contribution >= 0.6 is 0 Å². The minimum absolute atomic E-state index is 0.224. The maximum atomic E-state index is 12.1. The number of nitrogens with one attached hydrogen (secondary N) is 3. The second-order valence-electron chi connectivity index (χ2n) is 6.88. The van der Waals surface area contributed by atoms with Gasteiger partial charge in [-0.2, -0.15) is 4.98 Å². The van der Waals surface area contributed by atoms with Crippen LogP contribution in [0.4, 0.5) is 28.8 Å². The molecule has 0 aliphatic carbocycles. The van der Waals surface area contributed by atoms with Gasteiger partial charge in [-0.1, -0.05) is 17.7 Å². The van der Waals surface area contributed by atoms with E-state index in [1.54, 1.807) is 6.07 Å². The van der Waals surface area contributed by atoms with Crippen LogP contribution in [0.25, 0.3) is 0 Å². The Morgan fingerprint density at radius 3 is 2.20 bits per heavy atom. The number of aromatic nitrogens is 2. The van der Waals surface area contributed by atoms with Crippen LogP contribution in [0.1, 0.15) is 21.6 Å². The fourth-order valence-electron chi connectivity index (χ4n) is 2.84. The van der Waals surface area contributed by atoms with E-state index in [1.165, 1.54) is 18.1 Å². The number of benzene rings is 2. The largest absolute Gasteiger partial charge is 0.472 e. The van der Waals surface area contributed by atoms with Crippen molar-refractivity contribution in [3.63, 3.8) is 0 Å². The van der Waals surface area contributed by atoms with Gasteiger partial charge >= 0.3 is 0 Å². The Morgan fingerprint density at radius 2 is 1.50 bits per heavy atom. The highest BCUT2D eigenvalue weighted by atomic mass is 16.3. The van der Waals surface area contributed by atoms with Gasteiger partial charge in [-0.3, -0.25) is 4.79 Å². The van der Waals surface area contributed by atoms with E-state index < -0.39 is 0 Å². The number of amides is 1. The topological polar surface area (TPSA) is 92.1 Å². The highest BCUT2D eigenvalue weighted by Gasteiger charge is 2.08. The van der Waals surface area contributed by atoms with Crippen LogP contribution in [0.5, 0.6) is 0 Å². The SMILES string of the molecule is Cc1ccc(Nc2cc(C)nc(Nc3ccc(NC(=O)c4ccoc4)cc3)n2)cc1. The molecular formula is C23H21N5O2. The quantitative estimate of drug-likeness (QED) is 0.401. The Morgan fingerprint density at radius 1 is 0.833 bits per heavy atom. The van der Waals surface area contributed by atoms with Gasteiger partial charge in [0.05, 0.1) is 11.8 Å².